The number of phenolic OH excluding ortho intramolecular Hbond substituents is 5. The second-order valence-corrected chi connectivity index (χ2v) is 39.2. The van der Waals surface area contributed by atoms with Gasteiger partial charge in [-0.05, 0) is 213 Å². The molecule has 15 nitrogen and oxygen atoms in total. The van der Waals surface area contributed by atoms with E-state index in [0.717, 1.165) is 72.8 Å². The van der Waals surface area contributed by atoms with Crippen molar-refractivity contribution >= 4 is 11.9 Å². The summed E-state index contributed by atoms with van der Waals surface area (Å²) in [5, 5.41) is 56.2. The largest absolute Gasteiger partial charge is 0.507 e. The van der Waals surface area contributed by atoms with Crippen molar-refractivity contribution in [3.05, 3.63) is 176 Å². The first-order valence-electron chi connectivity index (χ1n) is 37.2. The molecule has 6 aromatic rings. The number of phenols is 5. The third-order valence-corrected chi connectivity index (χ3v) is 19.1. The van der Waals surface area contributed by atoms with E-state index in [1.807, 2.05) is 185 Å². The normalized spacial score (nSPS) is 13.1. The van der Waals surface area contributed by atoms with Gasteiger partial charge in [0.25, 0.3) is 0 Å². The zero-order chi connectivity index (χ0) is 78.8. The SMILES string of the molecule is CC(C)(C)c1cc(CCC(=O)OCCCCCCOC(=O)CCc2cc(C(C)(C)C)c(O)c(C(C)(C)C)c2)cc(C(C)(C)C)c1O.CC(C)(C)c1cc(Cn2c(=O)n(Cc3cc(C(C)(C)C)c(O)c(C(C)(C)C)c3)c(=O)n(Cc3cc(C(C)(C)C)c(O)c(C(C)(C)C)c3)c2=O)cc(C(C)(C)C)c1O. The monoisotopic (exact) mass is 1420 g/mol. The van der Waals surface area contributed by atoms with E-state index in [-0.39, 0.29) is 70.5 Å². The highest BCUT2D eigenvalue weighted by Crippen LogP contribution is 2.45. The van der Waals surface area contributed by atoms with E-state index in [1.165, 1.54) is 0 Å². The van der Waals surface area contributed by atoms with Crippen LogP contribution in [0.2, 0.25) is 0 Å². The minimum absolute atomic E-state index is 0.142. The average molecular weight is 1420 g/mol. The number of esters is 2. The first-order chi connectivity index (χ1) is 46.6. The molecule has 0 aliphatic rings. The lowest BCUT2D eigenvalue weighted by Gasteiger charge is -2.29. The van der Waals surface area contributed by atoms with Crippen molar-refractivity contribution in [2.75, 3.05) is 13.2 Å². The predicted molar refractivity (Wildman–Crippen MR) is 421 cm³/mol. The first kappa shape index (κ1) is 86.1. The van der Waals surface area contributed by atoms with Crippen LogP contribution in [0.3, 0.4) is 0 Å². The Kier molecular flexibility index (Phi) is 26.4. The summed E-state index contributed by atoms with van der Waals surface area (Å²) in [6.07, 6.45) is 5.07. The zero-order valence-corrected chi connectivity index (χ0v) is 68.9. The van der Waals surface area contributed by atoms with Gasteiger partial charge in [-0.25, -0.2) is 28.1 Å². The molecule has 0 bridgehead atoms. The fraction of sp³-hybridized carbons (Fsp3) is 0.602. The number of carbonyl (C=O) groups excluding carboxylic acids is 2. The van der Waals surface area contributed by atoms with Crippen molar-refractivity contribution in [2.45, 2.75) is 333 Å². The number of rotatable bonds is 19. The van der Waals surface area contributed by atoms with Crippen LogP contribution in [0.25, 0.3) is 0 Å². The molecule has 0 unspecified atom stereocenters. The number of aryl methyl sites for hydroxylation is 2. The fourth-order valence-corrected chi connectivity index (χ4v) is 13.0. The maximum absolute atomic E-state index is 14.7. The molecule has 570 valence electrons. The van der Waals surface area contributed by atoms with Crippen LogP contribution in [0.4, 0.5) is 0 Å². The Bertz CT molecular complexity index is 3640. The molecule has 5 aromatic carbocycles. The topological polar surface area (TPSA) is 220 Å². The van der Waals surface area contributed by atoms with Gasteiger partial charge in [-0.15, -0.1) is 0 Å². The van der Waals surface area contributed by atoms with Gasteiger partial charge in [0, 0.05) is 12.8 Å². The zero-order valence-electron chi connectivity index (χ0n) is 68.9. The third kappa shape index (κ3) is 22.5. The van der Waals surface area contributed by atoms with Crippen LogP contribution < -0.4 is 17.1 Å². The molecule has 0 aliphatic carbocycles. The van der Waals surface area contributed by atoms with Gasteiger partial charge < -0.3 is 35.0 Å². The first-order valence-corrected chi connectivity index (χ1v) is 37.2. The van der Waals surface area contributed by atoms with Gasteiger partial charge in [0.1, 0.15) is 28.7 Å². The van der Waals surface area contributed by atoms with Gasteiger partial charge in [0.15, 0.2) is 0 Å². The summed E-state index contributed by atoms with van der Waals surface area (Å²) in [5.74, 6) is 0.813. The van der Waals surface area contributed by atoms with Crippen molar-refractivity contribution in [1.29, 1.82) is 0 Å². The second kappa shape index (κ2) is 31.6. The van der Waals surface area contributed by atoms with Gasteiger partial charge >= 0.3 is 29.0 Å². The number of nitrogens with zero attached hydrogens (tertiary/aromatic N) is 3. The lowest BCUT2D eigenvalue weighted by molar-refractivity contribution is -0.145. The molecule has 0 amide bonds. The maximum Gasteiger partial charge on any atom is 0.336 e. The number of hydrogen-bond acceptors (Lipinski definition) is 12. The standard InChI is InChI=1S/C48H69N3O6.C40H62O6/c1-43(2,3)31-19-28(20-32(37(31)52)44(4,5)6)25-49-40(55)50(26-29-21-33(45(7,8)9)38(53)34(22-29)46(10,11)12)42(57)51(41(49)56)27-30-23-35(47(13,14)15)39(54)36(24-30)48(16,17)18;1-37(2,3)29-23-27(24-30(35(29)43)38(4,5)6)17-19-33(41)45-21-15-13-14-16-22-46-34(42)20-18-28-25-31(39(7,8)9)36(44)32(26-28)40(10,11)12/h19-24,52-54H,25-27H2,1-18H3;23-26,43-44H,13-22H2,1-12H3. The minimum atomic E-state index is -0.761. The highest BCUT2D eigenvalue weighted by molar-refractivity contribution is 5.70. The van der Waals surface area contributed by atoms with Gasteiger partial charge in [0.2, 0.25) is 0 Å². The molecule has 1 aromatic heterocycles. The van der Waals surface area contributed by atoms with E-state index in [9.17, 15) is 49.5 Å². The number of aromatic nitrogens is 3. The van der Waals surface area contributed by atoms with Gasteiger partial charge in [0.05, 0.1) is 32.8 Å². The van der Waals surface area contributed by atoms with E-state index in [0.29, 0.717) is 100 Å². The Hall–Kier alpha value is -7.55. The third-order valence-electron chi connectivity index (χ3n) is 19.1. The predicted octanol–water partition coefficient (Wildman–Crippen LogP) is 18.7. The summed E-state index contributed by atoms with van der Waals surface area (Å²) < 4.78 is 14.3. The summed E-state index contributed by atoms with van der Waals surface area (Å²) in [4.78, 5) is 68.9. The smallest absolute Gasteiger partial charge is 0.336 e. The highest BCUT2D eigenvalue weighted by atomic mass is 16.5. The Balaban J connectivity index is 0.000000380. The number of carbonyl (C=O) groups is 2. The Morgan fingerprint density at radius 2 is 0.427 bits per heavy atom. The van der Waals surface area contributed by atoms with Gasteiger partial charge in [-0.2, -0.15) is 0 Å². The van der Waals surface area contributed by atoms with Crippen LogP contribution in [0.15, 0.2) is 75.0 Å². The van der Waals surface area contributed by atoms with Crippen LogP contribution in [0, 0.1) is 0 Å². The molecule has 15 heteroatoms. The Morgan fingerprint density at radius 1 is 0.272 bits per heavy atom. The van der Waals surface area contributed by atoms with Crippen LogP contribution in [-0.4, -0.2) is 64.4 Å². The van der Waals surface area contributed by atoms with Crippen molar-refractivity contribution < 1.29 is 44.6 Å². The van der Waals surface area contributed by atoms with E-state index in [2.05, 4.69) is 83.1 Å². The second-order valence-electron chi connectivity index (χ2n) is 39.2. The molecule has 1 heterocycles. The molecule has 5 N–H and O–H groups in total. The fourth-order valence-electron chi connectivity index (χ4n) is 13.0. The quantitative estimate of drug-likeness (QED) is 0.0378. The van der Waals surface area contributed by atoms with Crippen LogP contribution >= 0.6 is 0 Å². The van der Waals surface area contributed by atoms with Crippen LogP contribution in [-0.2, 0) is 106 Å². The van der Waals surface area contributed by atoms with Crippen molar-refractivity contribution in [3.8, 4) is 28.7 Å². The van der Waals surface area contributed by atoms with E-state index < -0.39 is 49.6 Å². The highest BCUT2D eigenvalue weighted by Gasteiger charge is 2.34. The maximum atomic E-state index is 14.7. The molecule has 0 atom stereocenters. The molecule has 0 fully saturated rings. The van der Waals surface area contributed by atoms with Gasteiger partial charge in [-0.3, -0.25) is 9.59 Å². The summed E-state index contributed by atoms with van der Waals surface area (Å²) in [6, 6.07) is 19.1. The Labute approximate surface area is 617 Å². The lowest BCUT2D eigenvalue weighted by atomic mass is 9.78. The molecular formula is C88H131N3O12. The molecule has 103 heavy (non-hydrogen) atoms. The summed E-state index contributed by atoms with van der Waals surface area (Å²) >= 11 is 0. The summed E-state index contributed by atoms with van der Waals surface area (Å²) in [5.41, 5.74) is 5.89. The number of hydrogen-bond donors (Lipinski definition) is 5. The van der Waals surface area contributed by atoms with Crippen molar-refractivity contribution in [2.24, 2.45) is 0 Å². The molecular weight excluding hydrogens is 1290 g/mol. The van der Waals surface area contributed by atoms with Crippen LogP contribution in [0.1, 0.15) is 330 Å². The number of unbranched alkanes of at least 4 members (excludes halogenated alkanes) is 3. The lowest BCUT2D eigenvalue weighted by Crippen LogP contribution is -2.55. The molecule has 0 saturated heterocycles. The number of aromatic hydroxyl groups is 5. The van der Waals surface area contributed by atoms with E-state index in [4.69, 9.17) is 9.47 Å². The molecule has 0 spiro atoms. The summed E-state index contributed by atoms with van der Waals surface area (Å²) in [6.45, 7) is 61.4. The van der Waals surface area contributed by atoms with E-state index in [1.54, 1.807) is 0 Å². The number of benzene rings is 5. The molecule has 0 saturated carbocycles. The van der Waals surface area contributed by atoms with Crippen LogP contribution in [0.5, 0.6) is 28.7 Å². The minimum Gasteiger partial charge on any atom is -0.507 e. The molecule has 0 aliphatic heterocycles. The molecule has 0 radical (unpaired) electrons. The summed E-state index contributed by atoms with van der Waals surface area (Å²) in [7, 11) is 0. The molecule has 6 rings (SSSR count). The van der Waals surface area contributed by atoms with Gasteiger partial charge in [-0.1, -0.05) is 232 Å². The average Bonchev–Trinajstić information content (AvgIpc) is 0.761. The van der Waals surface area contributed by atoms with Crippen molar-refractivity contribution in [1.82, 2.24) is 13.7 Å². The Morgan fingerprint density at radius 3 is 0.583 bits per heavy atom. The van der Waals surface area contributed by atoms with Crippen molar-refractivity contribution in [3.63, 3.8) is 0 Å². The van der Waals surface area contributed by atoms with E-state index >= 15 is 0 Å². The number of ether oxygens (including phenoxy) is 2.